The van der Waals surface area contributed by atoms with E-state index in [0.29, 0.717) is 6.42 Å². The van der Waals surface area contributed by atoms with Gasteiger partial charge in [0, 0.05) is 13.8 Å². The molecule has 5 nitrogen and oxygen atoms in total. The van der Waals surface area contributed by atoms with Gasteiger partial charge in [-0.2, -0.15) is 4.74 Å². The fourth-order valence-electron chi connectivity index (χ4n) is 2.42. The Morgan fingerprint density at radius 3 is 2.71 bits per heavy atom. The monoisotopic (exact) mass is 200 g/mol. The molecule has 5 heteroatoms. The van der Waals surface area contributed by atoms with Crippen LogP contribution in [0.5, 0.6) is 0 Å². The molecule has 80 valence electrons. The van der Waals surface area contributed by atoms with E-state index in [1.54, 1.807) is 25.8 Å². The molecule has 3 atom stereocenters. The predicted octanol–water partition coefficient (Wildman–Crippen LogP) is 0.422. The van der Waals surface area contributed by atoms with Crippen LogP contribution >= 0.6 is 0 Å². The lowest BCUT2D eigenvalue weighted by molar-refractivity contribution is -0.572. The summed E-state index contributed by atoms with van der Waals surface area (Å²) in [7, 11) is 0. The zero-order valence-electron chi connectivity index (χ0n) is 8.94. The Balaban J connectivity index is 2.42. The molecule has 0 radical (unpaired) electrons. The third kappa shape index (κ3) is 1.03. The van der Waals surface area contributed by atoms with Crippen molar-refractivity contribution in [1.82, 2.24) is 5.06 Å². The lowest BCUT2D eigenvalue weighted by Crippen LogP contribution is -2.44. The van der Waals surface area contributed by atoms with Gasteiger partial charge in [0.25, 0.3) is 5.66 Å². The molecule has 0 spiro atoms. The van der Waals surface area contributed by atoms with Gasteiger partial charge in [-0.05, 0) is 13.8 Å². The maximum atomic E-state index is 11.9. The highest BCUT2D eigenvalue weighted by Crippen LogP contribution is 2.42. The summed E-state index contributed by atoms with van der Waals surface area (Å²) >= 11 is 0. The number of hydrogen-bond acceptors (Lipinski definition) is 4. The average Bonchev–Trinajstić information content (AvgIpc) is 2.39. The van der Waals surface area contributed by atoms with Gasteiger partial charge in [-0.3, -0.25) is 4.84 Å². The van der Waals surface area contributed by atoms with Crippen LogP contribution in [0.2, 0.25) is 0 Å². The quantitative estimate of drug-likeness (QED) is 0.455. The summed E-state index contributed by atoms with van der Waals surface area (Å²) in [6.07, 6.45) is 0.297. The van der Waals surface area contributed by atoms with Crippen LogP contribution in [0, 0.1) is 5.21 Å². The van der Waals surface area contributed by atoms with E-state index in [1.807, 2.05) is 6.92 Å². The average molecular weight is 200 g/mol. The van der Waals surface area contributed by atoms with Crippen LogP contribution in [0.25, 0.3) is 0 Å². The summed E-state index contributed by atoms with van der Waals surface area (Å²) in [5.41, 5.74) is -0.0319. The molecule has 2 rings (SSSR count). The number of nitrogens with zero attached hydrogens (tertiary/aromatic N) is 2. The molecule has 1 N–H and O–H groups in total. The molecule has 0 unspecified atom stereocenters. The van der Waals surface area contributed by atoms with Crippen molar-refractivity contribution in [3.8, 4) is 0 Å². The lowest BCUT2D eigenvalue weighted by atomic mass is 10.1. The van der Waals surface area contributed by atoms with Crippen molar-refractivity contribution < 1.29 is 14.7 Å². The number of fused-ring (bicyclic) bond motifs is 1. The Labute approximate surface area is 83.1 Å². The molecule has 0 aromatic carbocycles. The molecule has 0 aliphatic carbocycles. The van der Waals surface area contributed by atoms with Gasteiger partial charge in [0.2, 0.25) is 0 Å². The van der Waals surface area contributed by atoms with Crippen LogP contribution in [0.1, 0.15) is 34.1 Å². The van der Waals surface area contributed by atoms with Crippen molar-refractivity contribution in [1.29, 1.82) is 0 Å². The summed E-state index contributed by atoms with van der Waals surface area (Å²) in [6.45, 7) is 7.05. The predicted molar refractivity (Wildman–Crippen MR) is 50.3 cm³/mol. The van der Waals surface area contributed by atoms with Gasteiger partial charge >= 0.3 is 0 Å². The highest BCUT2D eigenvalue weighted by Gasteiger charge is 2.62. The van der Waals surface area contributed by atoms with Gasteiger partial charge in [0.15, 0.2) is 11.5 Å². The third-order valence-corrected chi connectivity index (χ3v) is 3.15. The standard InChI is InChI=1S/C9H16N2O3/c1-6-7(2)11-8(3,10(6)13)5-9(4,12)14-11/h7,12H,5H2,1-4H3/t7-,8-,9+/m0/s1. The van der Waals surface area contributed by atoms with E-state index in [4.69, 9.17) is 4.84 Å². The minimum atomic E-state index is -1.23. The zero-order chi connectivity index (χ0) is 10.7. The molecule has 0 aromatic heterocycles. The highest BCUT2D eigenvalue weighted by molar-refractivity contribution is 5.83. The molecule has 0 amide bonds. The van der Waals surface area contributed by atoms with Crippen molar-refractivity contribution in [2.75, 3.05) is 0 Å². The number of hydroxylamine groups is 3. The first-order valence-corrected chi connectivity index (χ1v) is 4.80. The Morgan fingerprint density at radius 1 is 1.64 bits per heavy atom. The molecule has 2 aliphatic heterocycles. The molecular weight excluding hydrogens is 184 g/mol. The molecular formula is C9H16N2O3. The van der Waals surface area contributed by atoms with Crippen molar-refractivity contribution >= 4 is 5.71 Å². The number of aliphatic hydroxyl groups is 1. The molecule has 0 bridgehead atoms. The highest BCUT2D eigenvalue weighted by atomic mass is 16.8. The third-order valence-electron chi connectivity index (χ3n) is 3.15. The minimum absolute atomic E-state index is 0.0773. The maximum absolute atomic E-state index is 11.9. The van der Waals surface area contributed by atoms with Crippen LogP contribution in [-0.4, -0.2) is 38.1 Å². The Morgan fingerprint density at radius 2 is 2.21 bits per heavy atom. The van der Waals surface area contributed by atoms with E-state index in [0.717, 1.165) is 10.5 Å². The fourth-order valence-corrected chi connectivity index (χ4v) is 2.42. The summed E-state index contributed by atoms with van der Waals surface area (Å²) in [4.78, 5) is 5.36. The van der Waals surface area contributed by atoms with E-state index in [2.05, 4.69) is 0 Å². The lowest BCUT2D eigenvalue weighted by Gasteiger charge is -2.23. The Bertz CT molecular complexity index is 313. The van der Waals surface area contributed by atoms with Crippen molar-refractivity contribution in [2.24, 2.45) is 0 Å². The van der Waals surface area contributed by atoms with E-state index in [9.17, 15) is 10.3 Å². The largest absolute Gasteiger partial charge is 0.622 e. The van der Waals surface area contributed by atoms with Crippen molar-refractivity contribution in [3.05, 3.63) is 5.21 Å². The maximum Gasteiger partial charge on any atom is 0.253 e. The van der Waals surface area contributed by atoms with Gasteiger partial charge in [0.1, 0.15) is 6.04 Å². The van der Waals surface area contributed by atoms with Crippen LogP contribution in [0.15, 0.2) is 0 Å². The smallest absolute Gasteiger partial charge is 0.253 e. The van der Waals surface area contributed by atoms with Gasteiger partial charge in [-0.15, -0.1) is 5.06 Å². The molecule has 1 saturated heterocycles. The van der Waals surface area contributed by atoms with Crippen LogP contribution < -0.4 is 0 Å². The molecule has 1 fully saturated rings. The first-order valence-electron chi connectivity index (χ1n) is 4.80. The summed E-state index contributed by atoms with van der Waals surface area (Å²) in [6, 6.07) is -0.0773. The number of hydrogen-bond donors (Lipinski definition) is 1. The number of rotatable bonds is 0. The summed E-state index contributed by atoms with van der Waals surface area (Å²) in [5, 5.41) is 23.2. The molecule has 0 saturated carbocycles. The Kier molecular flexibility index (Phi) is 1.75. The van der Waals surface area contributed by atoms with Crippen LogP contribution in [0.3, 0.4) is 0 Å². The fraction of sp³-hybridized carbons (Fsp3) is 0.889. The Hall–Kier alpha value is -0.650. The summed E-state index contributed by atoms with van der Waals surface area (Å²) < 4.78 is 0.944. The zero-order valence-corrected chi connectivity index (χ0v) is 8.94. The van der Waals surface area contributed by atoms with E-state index < -0.39 is 11.4 Å². The topological polar surface area (TPSA) is 58.8 Å². The molecule has 2 aliphatic rings. The second-order valence-electron chi connectivity index (χ2n) is 4.60. The molecule has 14 heavy (non-hydrogen) atoms. The van der Waals surface area contributed by atoms with Gasteiger partial charge in [-0.1, -0.05) is 0 Å². The molecule has 0 aromatic rings. The van der Waals surface area contributed by atoms with Crippen molar-refractivity contribution in [3.63, 3.8) is 0 Å². The van der Waals surface area contributed by atoms with Crippen LogP contribution in [0.4, 0.5) is 0 Å². The summed E-state index contributed by atoms with van der Waals surface area (Å²) in [5.74, 6) is -1.23. The molecule has 2 heterocycles. The van der Waals surface area contributed by atoms with Gasteiger partial charge in [0.05, 0.1) is 6.42 Å². The second-order valence-corrected chi connectivity index (χ2v) is 4.60. The minimum Gasteiger partial charge on any atom is -0.622 e. The van der Waals surface area contributed by atoms with Crippen LogP contribution in [-0.2, 0) is 4.84 Å². The van der Waals surface area contributed by atoms with E-state index >= 15 is 0 Å². The van der Waals surface area contributed by atoms with Crippen molar-refractivity contribution in [2.45, 2.75) is 51.6 Å². The SMILES string of the molecule is CC1=[N+]([O-])[C@]2(C)C[C@](C)(O)ON2[C@H]1C. The van der Waals surface area contributed by atoms with Gasteiger partial charge < -0.3 is 10.3 Å². The first-order chi connectivity index (χ1) is 6.28. The normalized spacial score (nSPS) is 48.8. The second kappa shape index (κ2) is 2.48. The van der Waals surface area contributed by atoms with Gasteiger partial charge in [-0.25, -0.2) is 0 Å². The van der Waals surface area contributed by atoms with E-state index in [1.165, 1.54) is 0 Å². The first kappa shape index (κ1) is 9.89. The van der Waals surface area contributed by atoms with E-state index in [-0.39, 0.29) is 6.04 Å².